The van der Waals surface area contributed by atoms with E-state index in [-0.39, 0.29) is 5.91 Å². The first-order valence-corrected chi connectivity index (χ1v) is 11.1. The van der Waals surface area contributed by atoms with Crippen molar-refractivity contribution in [2.45, 2.75) is 19.4 Å². The van der Waals surface area contributed by atoms with Crippen molar-refractivity contribution >= 4 is 11.9 Å². The molecule has 1 aliphatic rings. The van der Waals surface area contributed by atoms with Crippen LogP contribution >= 0.6 is 0 Å². The highest BCUT2D eigenvalue weighted by Crippen LogP contribution is 2.21. The summed E-state index contributed by atoms with van der Waals surface area (Å²) >= 11 is 0. The number of nitrogens with zero attached hydrogens (tertiary/aromatic N) is 3. The third-order valence-electron chi connectivity index (χ3n) is 5.65. The maximum Gasteiger partial charge on any atom is 0.251 e. The second-order valence-corrected chi connectivity index (χ2v) is 8.45. The molecule has 1 unspecified atom stereocenters. The van der Waals surface area contributed by atoms with Crippen LogP contribution in [0.1, 0.15) is 27.9 Å². The zero-order chi connectivity index (χ0) is 22.1. The molecule has 0 aromatic heterocycles. The smallest absolute Gasteiger partial charge is 0.251 e. The first-order chi connectivity index (χ1) is 15.0. The standard InChI is InChI=1S/C25H35N5O/c1-26-25(30-14-12-22(19-30)16-20-8-5-4-6-9-20)28-18-21-10-7-11-23(17-21)24(31)27-13-15-29(2)3/h4-11,17,22H,12-16,18-19H2,1-3H3,(H,26,28)(H,27,31). The summed E-state index contributed by atoms with van der Waals surface area (Å²) in [6, 6.07) is 18.5. The third kappa shape index (κ3) is 7.10. The summed E-state index contributed by atoms with van der Waals surface area (Å²) in [4.78, 5) is 21.3. The molecule has 2 N–H and O–H groups in total. The monoisotopic (exact) mass is 421 g/mol. The molecule has 31 heavy (non-hydrogen) atoms. The number of carbonyl (C=O) groups is 1. The van der Waals surface area contributed by atoms with E-state index in [0.717, 1.165) is 37.6 Å². The van der Waals surface area contributed by atoms with Crippen LogP contribution in [0.2, 0.25) is 0 Å². The number of aliphatic imine (C=N–C) groups is 1. The summed E-state index contributed by atoms with van der Waals surface area (Å²) in [5, 5.41) is 6.44. The highest BCUT2D eigenvalue weighted by molar-refractivity contribution is 5.94. The summed E-state index contributed by atoms with van der Waals surface area (Å²) in [5.74, 6) is 1.54. The third-order valence-corrected chi connectivity index (χ3v) is 5.65. The van der Waals surface area contributed by atoms with Gasteiger partial charge in [-0.15, -0.1) is 0 Å². The normalized spacial score (nSPS) is 16.6. The minimum Gasteiger partial charge on any atom is -0.352 e. The van der Waals surface area contributed by atoms with Gasteiger partial charge in [-0.2, -0.15) is 0 Å². The Kier molecular flexibility index (Phi) is 8.47. The van der Waals surface area contributed by atoms with Crippen LogP contribution in [-0.4, -0.2) is 69.0 Å². The second-order valence-electron chi connectivity index (χ2n) is 8.45. The molecule has 6 nitrogen and oxygen atoms in total. The van der Waals surface area contributed by atoms with Gasteiger partial charge in [-0.3, -0.25) is 9.79 Å². The van der Waals surface area contributed by atoms with Crippen LogP contribution in [0.15, 0.2) is 59.6 Å². The molecule has 2 aromatic rings. The van der Waals surface area contributed by atoms with Crippen LogP contribution in [0, 0.1) is 5.92 Å². The average Bonchev–Trinajstić information content (AvgIpc) is 3.23. The zero-order valence-corrected chi connectivity index (χ0v) is 19.0. The number of likely N-dealkylation sites (N-methyl/N-ethyl adjacent to an activating group) is 1. The maximum absolute atomic E-state index is 12.4. The lowest BCUT2D eigenvalue weighted by atomic mass is 9.99. The lowest BCUT2D eigenvalue weighted by Crippen LogP contribution is -2.39. The minimum atomic E-state index is -0.0311. The number of likely N-dealkylation sites (tertiary alicyclic amines) is 1. The first-order valence-electron chi connectivity index (χ1n) is 11.1. The van der Waals surface area contributed by atoms with Gasteiger partial charge in [0.25, 0.3) is 5.91 Å². The molecule has 1 fully saturated rings. The fourth-order valence-corrected chi connectivity index (χ4v) is 3.97. The van der Waals surface area contributed by atoms with E-state index in [4.69, 9.17) is 0 Å². The van der Waals surface area contributed by atoms with Crippen LogP contribution in [0.5, 0.6) is 0 Å². The first kappa shape index (κ1) is 22.8. The molecule has 3 rings (SSSR count). The Bertz CT molecular complexity index is 865. The van der Waals surface area contributed by atoms with Crippen LogP contribution in [0.3, 0.4) is 0 Å². The summed E-state index contributed by atoms with van der Waals surface area (Å²) in [5.41, 5.74) is 3.16. The fourth-order valence-electron chi connectivity index (χ4n) is 3.97. The van der Waals surface area contributed by atoms with Crippen LogP contribution in [0.4, 0.5) is 0 Å². The molecule has 1 atom stereocenters. The van der Waals surface area contributed by atoms with Gasteiger partial charge in [0.15, 0.2) is 5.96 Å². The van der Waals surface area contributed by atoms with Crippen molar-refractivity contribution in [3.8, 4) is 0 Å². The van der Waals surface area contributed by atoms with Crippen molar-refractivity contribution < 1.29 is 4.79 Å². The van der Waals surface area contributed by atoms with Gasteiger partial charge < -0.3 is 20.4 Å². The van der Waals surface area contributed by atoms with Crippen molar-refractivity contribution in [1.29, 1.82) is 0 Å². The Morgan fingerprint density at radius 1 is 1.10 bits per heavy atom. The molecule has 0 radical (unpaired) electrons. The Balaban J connectivity index is 1.50. The van der Waals surface area contributed by atoms with Gasteiger partial charge in [-0.05, 0) is 56.1 Å². The molecule has 1 heterocycles. The van der Waals surface area contributed by atoms with Gasteiger partial charge in [0.05, 0.1) is 0 Å². The van der Waals surface area contributed by atoms with E-state index in [1.54, 1.807) is 0 Å². The SMILES string of the molecule is CN=C(NCc1cccc(C(=O)NCCN(C)C)c1)N1CCC(Cc2ccccc2)C1. The van der Waals surface area contributed by atoms with Crippen LogP contribution in [-0.2, 0) is 13.0 Å². The molecule has 0 spiro atoms. The predicted octanol–water partition coefficient (Wildman–Crippen LogP) is 2.62. The Labute approximate surface area is 186 Å². The van der Waals surface area contributed by atoms with E-state index >= 15 is 0 Å². The van der Waals surface area contributed by atoms with Gasteiger partial charge in [-0.1, -0.05) is 42.5 Å². The van der Waals surface area contributed by atoms with Crippen molar-refractivity contribution in [3.05, 3.63) is 71.3 Å². The van der Waals surface area contributed by atoms with Crippen molar-refractivity contribution in [2.24, 2.45) is 10.9 Å². The number of guanidine groups is 1. The molecule has 6 heteroatoms. The summed E-state index contributed by atoms with van der Waals surface area (Å²) < 4.78 is 0. The van der Waals surface area contributed by atoms with Crippen LogP contribution < -0.4 is 10.6 Å². The van der Waals surface area contributed by atoms with E-state index in [9.17, 15) is 4.79 Å². The Morgan fingerprint density at radius 3 is 2.61 bits per heavy atom. The van der Waals surface area contributed by atoms with E-state index in [1.165, 1.54) is 12.0 Å². The molecular weight excluding hydrogens is 386 g/mol. The Morgan fingerprint density at radius 2 is 1.87 bits per heavy atom. The largest absolute Gasteiger partial charge is 0.352 e. The average molecular weight is 422 g/mol. The van der Waals surface area contributed by atoms with E-state index in [0.29, 0.717) is 24.6 Å². The Hall–Kier alpha value is -2.86. The molecule has 1 saturated heterocycles. The van der Waals surface area contributed by atoms with Crippen LogP contribution in [0.25, 0.3) is 0 Å². The number of hydrogen-bond acceptors (Lipinski definition) is 3. The van der Waals surface area contributed by atoms with Crippen molar-refractivity contribution in [2.75, 3.05) is 47.3 Å². The summed E-state index contributed by atoms with van der Waals surface area (Å²) in [6.07, 6.45) is 2.29. The molecule has 0 bridgehead atoms. The zero-order valence-electron chi connectivity index (χ0n) is 19.0. The van der Waals surface area contributed by atoms with Gasteiger partial charge in [0, 0.05) is 45.3 Å². The second kappa shape index (κ2) is 11.5. The molecule has 1 aliphatic heterocycles. The maximum atomic E-state index is 12.4. The highest BCUT2D eigenvalue weighted by atomic mass is 16.1. The number of nitrogens with one attached hydrogen (secondary N) is 2. The number of carbonyl (C=O) groups excluding carboxylic acids is 1. The lowest BCUT2D eigenvalue weighted by molar-refractivity contribution is 0.0951. The van der Waals surface area contributed by atoms with E-state index in [1.807, 2.05) is 45.4 Å². The molecule has 2 aromatic carbocycles. The molecular formula is C25H35N5O. The fraction of sp³-hybridized carbons (Fsp3) is 0.440. The molecule has 1 amide bonds. The van der Waals surface area contributed by atoms with Crippen molar-refractivity contribution in [3.63, 3.8) is 0 Å². The lowest BCUT2D eigenvalue weighted by Gasteiger charge is -2.22. The summed E-state index contributed by atoms with van der Waals surface area (Å²) in [7, 11) is 5.83. The van der Waals surface area contributed by atoms with Gasteiger partial charge in [-0.25, -0.2) is 0 Å². The summed E-state index contributed by atoms with van der Waals surface area (Å²) in [6.45, 7) is 4.14. The predicted molar refractivity (Wildman–Crippen MR) is 127 cm³/mol. The topological polar surface area (TPSA) is 60.0 Å². The molecule has 0 aliphatic carbocycles. The quantitative estimate of drug-likeness (QED) is 0.508. The number of amides is 1. The minimum absolute atomic E-state index is 0.0311. The van der Waals surface area contributed by atoms with E-state index in [2.05, 4.69) is 55.8 Å². The molecule has 166 valence electrons. The van der Waals surface area contributed by atoms with Gasteiger partial charge in [0.1, 0.15) is 0 Å². The van der Waals surface area contributed by atoms with Gasteiger partial charge in [0.2, 0.25) is 0 Å². The highest BCUT2D eigenvalue weighted by Gasteiger charge is 2.24. The number of rotatable bonds is 8. The molecule has 0 saturated carbocycles. The van der Waals surface area contributed by atoms with Gasteiger partial charge >= 0.3 is 0 Å². The van der Waals surface area contributed by atoms with E-state index < -0.39 is 0 Å². The number of hydrogen-bond donors (Lipinski definition) is 2. The number of benzene rings is 2. The van der Waals surface area contributed by atoms with Crippen molar-refractivity contribution in [1.82, 2.24) is 20.4 Å².